The molecule has 52 heavy (non-hydrogen) atoms. The summed E-state index contributed by atoms with van der Waals surface area (Å²) in [5.74, 6) is 1.06. The van der Waals surface area contributed by atoms with Crippen LogP contribution in [-0.2, 0) is 34.0 Å². The first-order chi connectivity index (χ1) is 25.3. The molecule has 4 unspecified atom stereocenters. The molecule has 1 amide bonds. The van der Waals surface area contributed by atoms with E-state index >= 15 is 0 Å². The third kappa shape index (κ3) is 7.49. The van der Waals surface area contributed by atoms with E-state index in [1.807, 2.05) is 30.3 Å². The van der Waals surface area contributed by atoms with E-state index in [1.165, 1.54) is 6.07 Å². The number of halogens is 2. The maximum Gasteiger partial charge on any atom is 0.227 e. The lowest BCUT2D eigenvalue weighted by atomic mass is 9.75. The highest BCUT2D eigenvalue weighted by atomic mass is 35.5. The van der Waals surface area contributed by atoms with Gasteiger partial charge in [0.15, 0.2) is 0 Å². The number of ether oxygens (including phenoxy) is 2. The zero-order chi connectivity index (χ0) is 35.8. The summed E-state index contributed by atoms with van der Waals surface area (Å²) in [6.07, 6.45) is 6.51. The summed E-state index contributed by atoms with van der Waals surface area (Å²) < 4.78 is 28.1. The Morgan fingerprint density at radius 1 is 1.10 bits per heavy atom. The number of aromatic nitrogens is 3. The second-order valence-corrected chi connectivity index (χ2v) is 14.8. The Balaban J connectivity index is 0.932. The molecule has 272 valence electrons. The molecule has 2 saturated heterocycles. The van der Waals surface area contributed by atoms with Crippen LogP contribution in [0.25, 0.3) is 16.6 Å². The van der Waals surface area contributed by atoms with E-state index in [-0.39, 0.29) is 48.3 Å². The van der Waals surface area contributed by atoms with Crippen LogP contribution in [0, 0.1) is 17.7 Å². The zero-order valence-corrected chi connectivity index (χ0v) is 29.9. The number of hydrogen-bond donors (Lipinski definition) is 3. The van der Waals surface area contributed by atoms with Crippen LogP contribution in [0.15, 0.2) is 60.7 Å². The van der Waals surface area contributed by atoms with Crippen molar-refractivity contribution in [3.05, 3.63) is 88.6 Å². The predicted octanol–water partition coefficient (Wildman–Crippen LogP) is 5.67. The average Bonchev–Trinajstić information content (AvgIpc) is 3.70. The van der Waals surface area contributed by atoms with Crippen molar-refractivity contribution in [3.63, 3.8) is 0 Å². The van der Waals surface area contributed by atoms with E-state index in [9.17, 15) is 14.0 Å². The van der Waals surface area contributed by atoms with Gasteiger partial charge in [0.2, 0.25) is 11.8 Å². The Bertz CT molecular complexity index is 2020. The highest BCUT2D eigenvalue weighted by Crippen LogP contribution is 2.35. The van der Waals surface area contributed by atoms with E-state index in [2.05, 4.69) is 31.7 Å². The Hall–Kier alpha value is -4.20. The number of pyridine rings is 1. The molecule has 11 nitrogen and oxygen atoms in total. The molecule has 0 bridgehead atoms. The second-order valence-electron chi connectivity index (χ2n) is 14.4. The first kappa shape index (κ1) is 34.9. The first-order valence-corrected chi connectivity index (χ1v) is 18.5. The highest BCUT2D eigenvalue weighted by molar-refractivity contribution is 6.30. The van der Waals surface area contributed by atoms with Crippen LogP contribution in [-0.4, -0.2) is 69.0 Å². The van der Waals surface area contributed by atoms with Gasteiger partial charge < -0.3 is 19.4 Å². The maximum atomic E-state index is 14.2. The van der Waals surface area contributed by atoms with Gasteiger partial charge >= 0.3 is 0 Å². The fraction of sp³-hybridized carbons (Fsp3) is 0.436. The molecule has 0 radical (unpaired) electrons. The van der Waals surface area contributed by atoms with Gasteiger partial charge in [-0.3, -0.25) is 19.9 Å². The average molecular weight is 728 g/mol. The van der Waals surface area contributed by atoms with E-state index in [0.717, 1.165) is 85.7 Å². The van der Waals surface area contributed by atoms with Crippen molar-refractivity contribution in [2.24, 2.45) is 11.8 Å². The summed E-state index contributed by atoms with van der Waals surface area (Å²) in [5, 5.41) is 3.50. The molecular formula is C39H43ClFN7O4. The Morgan fingerprint density at radius 2 is 1.98 bits per heavy atom. The van der Waals surface area contributed by atoms with Crippen LogP contribution in [0.3, 0.4) is 0 Å². The van der Waals surface area contributed by atoms with Gasteiger partial charge in [-0.15, -0.1) is 0 Å². The van der Waals surface area contributed by atoms with Gasteiger partial charge in [0.1, 0.15) is 24.0 Å². The Labute approximate surface area is 306 Å². The molecule has 13 heteroatoms. The van der Waals surface area contributed by atoms with Gasteiger partial charge in [-0.1, -0.05) is 29.8 Å². The second kappa shape index (κ2) is 15.0. The number of nitrogens with one attached hydrogen (secondary N) is 3. The number of hydrazine groups is 1. The predicted molar refractivity (Wildman–Crippen MR) is 196 cm³/mol. The van der Waals surface area contributed by atoms with Crippen LogP contribution < -0.4 is 20.9 Å². The largest absolute Gasteiger partial charge is 0.473 e. The normalized spacial score (nSPS) is 24.6. The Kier molecular flexibility index (Phi) is 10.1. The molecule has 5 atom stereocenters. The van der Waals surface area contributed by atoms with Gasteiger partial charge in [-0.2, -0.15) is 0 Å². The SMILES string of the molecule is CC(=O)C1NNC2CCC(C(=O)Nc3ccc4c(c3)nc(CN3CC=C(c5cccc(OCc6ccc(Cl)cc6F)n5)CC3)n4C[C@@H]3CCO3)CC21. The molecule has 0 spiro atoms. The van der Waals surface area contributed by atoms with E-state index in [1.54, 1.807) is 25.1 Å². The lowest BCUT2D eigenvalue weighted by Crippen LogP contribution is -2.40. The number of amides is 1. The number of ketones is 1. The quantitative estimate of drug-likeness (QED) is 0.180. The van der Waals surface area contributed by atoms with E-state index in [0.29, 0.717) is 29.4 Å². The van der Waals surface area contributed by atoms with Crippen LogP contribution in [0.4, 0.5) is 10.1 Å². The highest BCUT2D eigenvalue weighted by Gasteiger charge is 2.43. The molecule has 1 aliphatic carbocycles. The smallest absolute Gasteiger partial charge is 0.227 e. The minimum absolute atomic E-state index is 0.00697. The fourth-order valence-corrected chi connectivity index (χ4v) is 8.07. The van der Waals surface area contributed by atoms with Crippen molar-refractivity contribution in [1.82, 2.24) is 30.3 Å². The molecule has 3 fully saturated rings. The van der Waals surface area contributed by atoms with Crippen LogP contribution in [0.1, 0.15) is 56.1 Å². The molecule has 4 aliphatic rings. The monoisotopic (exact) mass is 727 g/mol. The topological polar surface area (TPSA) is 123 Å². The lowest BCUT2D eigenvalue weighted by Gasteiger charge is -2.31. The maximum absolute atomic E-state index is 14.2. The number of Topliss-reactive ketones (excluding diaryl/α,β-unsaturated/α-hetero) is 1. The van der Waals surface area contributed by atoms with Gasteiger partial charge in [0.05, 0.1) is 42.0 Å². The zero-order valence-electron chi connectivity index (χ0n) is 29.1. The summed E-state index contributed by atoms with van der Waals surface area (Å²) in [4.78, 5) is 37.8. The van der Waals surface area contributed by atoms with Crippen molar-refractivity contribution in [2.75, 3.05) is 25.0 Å². The fourth-order valence-electron chi connectivity index (χ4n) is 7.91. The van der Waals surface area contributed by atoms with Crippen molar-refractivity contribution in [1.29, 1.82) is 0 Å². The standard InChI is InChI=1S/C39H43ClFN7O4/c1-23(49)38-30-17-25(6-9-33(30)45-46-38)39(50)42-28-8-10-35-34(19-28)43-36(48(35)20-29-13-16-51-29)21-47-14-11-24(12-15-47)32-3-2-4-37(44-32)52-22-26-5-7-27(40)18-31(26)41/h2-5,7-8,10-11,18-19,25,29-30,33,38,45-46H,6,9,12-17,20-22H2,1H3,(H,42,50)/t25?,29-,30?,33?,38?/m0/s1. The number of nitrogens with zero attached hydrogens (tertiary/aromatic N) is 4. The van der Waals surface area contributed by atoms with Crippen LogP contribution in [0.2, 0.25) is 5.02 Å². The summed E-state index contributed by atoms with van der Waals surface area (Å²) >= 11 is 5.88. The van der Waals surface area contributed by atoms with Gasteiger partial charge in [-0.25, -0.2) is 19.8 Å². The molecule has 3 N–H and O–H groups in total. The van der Waals surface area contributed by atoms with Crippen LogP contribution >= 0.6 is 11.6 Å². The number of hydrogen-bond acceptors (Lipinski definition) is 9. The van der Waals surface area contributed by atoms with Gasteiger partial charge in [0, 0.05) is 54.0 Å². The van der Waals surface area contributed by atoms with Crippen molar-refractivity contribution >= 4 is 45.6 Å². The number of benzene rings is 2. The third-order valence-corrected chi connectivity index (χ3v) is 11.2. The molecule has 4 aromatic rings. The number of fused-ring (bicyclic) bond motifs is 2. The molecule has 2 aromatic heterocycles. The number of rotatable bonds is 11. The van der Waals surface area contributed by atoms with Gasteiger partial charge in [0.25, 0.3) is 0 Å². The lowest BCUT2D eigenvalue weighted by molar-refractivity contribution is -0.123. The Morgan fingerprint density at radius 3 is 2.75 bits per heavy atom. The van der Waals surface area contributed by atoms with Crippen molar-refractivity contribution < 1.29 is 23.5 Å². The van der Waals surface area contributed by atoms with Gasteiger partial charge in [-0.05, 0) is 86.9 Å². The number of carbonyl (C=O) groups is 2. The molecule has 5 heterocycles. The van der Waals surface area contributed by atoms with E-state index in [4.69, 9.17) is 31.0 Å². The van der Waals surface area contributed by atoms with Crippen molar-refractivity contribution in [3.8, 4) is 5.88 Å². The third-order valence-electron chi connectivity index (χ3n) is 10.9. The number of imidazole rings is 1. The molecular weight excluding hydrogens is 685 g/mol. The summed E-state index contributed by atoms with van der Waals surface area (Å²) in [7, 11) is 0. The minimum atomic E-state index is -0.405. The molecule has 3 aliphatic heterocycles. The summed E-state index contributed by atoms with van der Waals surface area (Å²) in [6.45, 7) is 5.41. The molecule has 8 rings (SSSR count). The number of carbonyl (C=O) groups excluding carboxylic acids is 2. The van der Waals surface area contributed by atoms with E-state index < -0.39 is 5.82 Å². The summed E-state index contributed by atoms with van der Waals surface area (Å²) in [6, 6.07) is 16.1. The van der Waals surface area contributed by atoms with Crippen molar-refractivity contribution in [2.45, 2.75) is 76.9 Å². The molecule has 2 aromatic carbocycles. The minimum Gasteiger partial charge on any atom is -0.473 e. The first-order valence-electron chi connectivity index (χ1n) is 18.2. The van der Waals surface area contributed by atoms with Crippen LogP contribution in [0.5, 0.6) is 5.88 Å². The summed E-state index contributed by atoms with van der Waals surface area (Å²) in [5.41, 5.74) is 11.4. The number of anilines is 1. The molecule has 1 saturated carbocycles.